The Hall–Kier alpha value is -1.46. The first-order valence-electron chi connectivity index (χ1n) is 7.67. The summed E-state index contributed by atoms with van der Waals surface area (Å²) in [6, 6.07) is 5.66. The first-order valence-corrected chi connectivity index (χ1v) is 7.67. The minimum Gasteiger partial charge on any atom is -0.454 e. The van der Waals surface area contributed by atoms with Gasteiger partial charge in [0.2, 0.25) is 12.7 Å². The molecule has 5 nitrogen and oxygen atoms in total. The van der Waals surface area contributed by atoms with Crippen molar-refractivity contribution in [1.29, 1.82) is 0 Å². The van der Waals surface area contributed by atoms with Gasteiger partial charge in [0.1, 0.15) is 0 Å². The van der Waals surface area contributed by atoms with Crippen molar-refractivity contribution in [2.45, 2.75) is 25.7 Å². The lowest BCUT2D eigenvalue weighted by atomic mass is 9.96. The summed E-state index contributed by atoms with van der Waals surface area (Å²) < 4.78 is 10.6. The van der Waals surface area contributed by atoms with Gasteiger partial charge in [-0.1, -0.05) is 6.07 Å². The Balaban J connectivity index is 0.00000176. The number of nitrogens with one attached hydrogen (secondary N) is 2. The van der Waals surface area contributed by atoms with Gasteiger partial charge < -0.3 is 20.1 Å². The average Bonchev–Trinajstić information content (AvgIpc) is 2.96. The smallest absolute Gasteiger partial charge is 0.231 e. The van der Waals surface area contributed by atoms with Crippen LogP contribution in [0.2, 0.25) is 0 Å². The molecule has 3 rings (SSSR count). The molecule has 6 heteroatoms. The molecule has 0 aliphatic carbocycles. The van der Waals surface area contributed by atoms with E-state index in [1.54, 1.807) is 0 Å². The van der Waals surface area contributed by atoms with Gasteiger partial charge in [0, 0.05) is 6.54 Å². The topological polar surface area (TPSA) is 59.6 Å². The number of rotatable bonds is 5. The predicted octanol–water partition coefficient (Wildman–Crippen LogP) is 1.89. The molecule has 122 valence electrons. The first kappa shape index (κ1) is 16.9. The normalized spacial score (nSPS) is 19.4. The van der Waals surface area contributed by atoms with E-state index < -0.39 is 0 Å². The number of carbonyl (C=O) groups excluding carboxylic acids is 1. The van der Waals surface area contributed by atoms with Crippen LogP contribution in [0.4, 0.5) is 0 Å². The van der Waals surface area contributed by atoms with Crippen molar-refractivity contribution in [3.05, 3.63) is 23.8 Å². The molecular weight excluding hydrogens is 304 g/mol. The molecule has 2 N–H and O–H groups in total. The fourth-order valence-corrected chi connectivity index (χ4v) is 2.88. The molecule has 1 fully saturated rings. The SMILES string of the molecule is Cl.O=C(Cc1ccc2c(c1)OCO2)NCCC1CCCNC1. The molecule has 0 bridgehead atoms. The molecule has 1 atom stereocenters. The molecule has 1 amide bonds. The minimum atomic E-state index is 0. The molecule has 0 radical (unpaired) electrons. The fourth-order valence-electron chi connectivity index (χ4n) is 2.88. The third-order valence-electron chi connectivity index (χ3n) is 4.08. The summed E-state index contributed by atoms with van der Waals surface area (Å²) in [5, 5.41) is 6.41. The second-order valence-corrected chi connectivity index (χ2v) is 5.72. The van der Waals surface area contributed by atoms with Crippen LogP contribution in [0.3, 0.4) is 0 Å². The second kappa shape index (κ2) is 8.25. The van der Waals surface area contributed by atoms with Crippen LogP contribution < -0.4 is 20.1 Å². The van der Waals surface area contributed by atoms with Gasteiger partial charge >= 0.3 is 0 Å². The van der Waals surface area contributed by atoms with E-state index in [1.165, 1.54) is 12.8 Å². The van der Waals surface area contributed by atoms with Crippen molar-refractivity contribution in [2.75, 3.05) is 26.4 Å². The quantitative estimate of drug-likeness (QED) is 0.867. The van der Waals surface area contributed by atoms with Gasteiger partial charge in [-0.05, 0) is 56.0 Å². The van der Waals surface area contributed by atoms with E-state index >= 15 is 0 Å². The highest BCUT2D eigenvalue weighted by atomic mass is 35.5. The van der Waals surface area contributed by atoms with Gasteiger partial charge in [-0.2, -0.15) is 0 Å². The second-order valence-electron chi connectivity index (χ2n) is 5.72. The molecule has 0 saturated carbocycles. The van der Waals surface area contributed by atoms with Crippen LogP contribution in [0.5, 0.6) is 11.5 Å². The molecule has 0 aromatic heterocycles. The summed E-state index contributed by atoms with van der Waals surface area (Å²) in [5.41, 5.74) is 0.955. The number of ether oxygens (including phenoxy) is 2. The van der Waals surface area contributed by atoms with Gasteiger partial charge in [0.25, 0.3) is 0 Å². The van der Waals surface area contributed by atoms with Crippen LogP contribution in [0.25, 0.3) is 0 Å². The lowest BCUT2D eigenvalue weighted by Gasteiger charge is -2.22. The number of amides is 1. The standard InChI is InChI=1S/C16H22N2O3.ClH/c19-16(18-7-5-12-2-1-6-17-10-12)9-13-3-4-14-15(8-13)21-11-20-14;/h3-4,8,12,17H,1-2,5-7,9-11H2,(H,18,19);1H. The highest BCUT2D eigenvalue weighted by Crippen LogP contribution is 2.32. The zero-order valence-corrected chi connectivity index (χ0v) is 13.4. The lowest BCUT2D eigenvalue weighted by molar-refractivity contribution is -0.120. The number of hydrogen-bond acceptors (Lipinski definition) is 4. The molecular formula is C16H23ClN2O3. The van der Waals surface area contributed by atoms with Gasteiger partial charge in [-0.3, -0.25) is 4.79 Å². The number of hydrogen-bond donors (Lipinski definition) is 2. The Morgan fingerprint density at radius 2 is 2.18 bits per heavy atom. The Morgan fingerprint density at radius 3 is 3.00 bits per heavy atom. The molecule has 2 heterocycles. The number of piperidine rings is 1. The van der Waals surface area contributed by atoms with Crippen molar-refractivity contribution in [3.8, 4) is 11.5 Å². The largest absolute Gasteiger partial charge is 0.454 e. The third-order valence-corrected chi connectivity index (χ3v) is 4.08. The van der Waals surface area contributed by atoms with Crippen molar-refractivity contribution in [3.63, 3.8) is 0 Å². The minimum absolute atomic E-state index is 0. The number of benzene rings is 1. The summed E-state index contributed by atoms with van der Waals surface area (Å²) in [4.78, 5) is 12.0. The van der Waals surface area contributed by atoms with E-state index in [-0.39, 0.29) is 25.1 Å². The van der Waals surface area contributed by atoms with Gasteiger partial charge in [-0.15, -0.1) is 12.4 Å². The van der Waals surface area contributed by atoms with Gasteiger partial charge in [0.05, 0.1) is 6.42 Å². The van der Waals surface area contributed by atoms with Crippen molar-refractivity contribution >= 4 is 18.3 Å². The number of fused-ring (bicyclic) bond motifs is 1. The van der Waals surface area contributed by atoms with Crippen LogP contribution in [0.1, 0.15) is 24.8 Å². The lowest BCUT2D eigenvalue weighted by Crippen LogP contribution is -2.33. The van der Waals surface area contributed by atoms with Crippen LogP contribution in [-0.2, 0) is 11.2 Å². The summed E-state index contributed by atoms with van der Waals surface area (Å²) in [6.07, 6.45) is 3.96. The molecule has 2 aliphatic rings. The zero-order valence-electron chi connectivity index (χ0n) is 12.6. The first-order chi connectivity index (χ1) is 10.3. The van der Waals surface area contributed by atoms with Gasteiger partial charge in [-0.25, -0.2) is 0 Å². The highest BCUT2D eigenvalue weighted by molar-refractivity contribution is 5.85. The van der Waals surface area contributed by atoms with Crippen LogP contribution >= 0.6 is 12.4 Å². The maximum Gasteiger partial charge on any atom is 0.231 e. The molecule has 1 aromatic rings. The van der Waals surface area contributed by atoms with E-state index in [9.17, 15) is 4.79 Å². The summed E-state index contributed by atoms with van der Waals surface area (Å²) in [5.74, 6) is 2.25. The van der Waals surface area contributed by atoms with Crippen LogP contribution in [-0.4, -0.2) is 32.3 Å². The predicted molar refractivity (Wildman–Crippen MR) is 86.7 cm³/mol. The van der Waals surface area contributed by atoms with Crippen LogP contribution in [0, 0.1) is 5.92 Å². The molecule has 1 aromatic carbocycles. The summed E-state index contributed by atoms with van der Waals surface area (Å²) in [7, 11) is 0. The molecule has 2 aliphatic heterocycles. The Morgan fingerprint density at radius 1 is 1.32 bits per heavy atom. The number of carbonyl (C=O) groups is 1. The van der Waals surface area contributed by atoms with Crippen LogP contribution in [0.15, 0.2) is 18.2 Å². The zero-order chi connectivity index (χ0) is 14.5. The average molecular weight is 327 g/mol. The number of halogens is 1. The maximum absolute atomic E-state index is 12.0. The molecule has 1 unspecified atom stereocenters. The van der Waals surface area contributed by atoms with Crippen molar-refractivity contribution in [1.82, 2.24) is 10.6 Å². The molecule has 0 spiro atoms. The van der Waals surface area contributed by atoms with E-state index in [0.29, 0.717) is 12.3 Å². The Labute approximate surface area is 137 Å². The van der Waals surface area contributed by atoms with E-state index in [1.807, 2.05) is 18.2 Å². The Bertz CT molecular complexity index is 504. The van der Waals surface area contributed by atoms with Crippen molar-refractivity contribution < 1.29 is 14.3 Å². The van der Waals surface area contributed by atoms with Gasteiger partial charge in [0.15, 0.2) is 11.5 Å². The molecule has 1 saturated heterocycles. The van der Waals surface area contributed by atoms with E-state index in [2.05, 4.69) is 10.6 Å². The molecule has 22 heavy (non-hydrogen) atoms. The highest BCUT2D eigenvalue weighted by Gasteiger charge is 2.15. The third kappa shape index (κ3) is 4.52. The fraction of sp³-hybridized carbons (Fsp3) is 0.562. The van der Waals surface area contributed by atoms with E-state index in [0.717, 1.165) is 43.1 Å². The summed E-state index contributed by atoms with van der Waals surface area (Å²) >= 11 is 0. The maximum atomic E-state index is 12.0. The Kier molecular flexibility index (Phi) is 6.34. The monoisotopic (exact) mass is 326 g/mol. The van der Waals surface area contributed by atoms with E-state index in [4.69, 9.17) is 9.47 Å². The van der Waals surface area contributed by atoms with Crippen molar-refractivity contribution in [2.24, 2.45) is 5.92 Å². The summed E-state index contributed by atoms with van der Waals surface area (Å²) in [6.45, 7) is 3.24.